The number of benzene rings is 3. The molecule has 0 aliphatic heterocycles. The van der Waals surface area contributed by atoms with Gasteiger partial charge in [0, 0.05) is 5.56 Å². The molecular weight excluding hydrogens is 413 g/mol. The van der Waals surface area contributed by atoms with Crippen LogP contribution in [-0.4, -0.2) is 21.5 Å². The molecule has 1 amide bonds. The fourth-order valence-electron chi connectivity index (χ4n) is 3.76. The van der Waals surface area contributed by atoms with E-state index in [-0.39, 0.29) is 16.7 Å². The van der Waals surface area contributed by atoms with E-state index < -0.39 is 24.9 Å². The molecule has 4 N–H and O–H groups in total. The minimum atomic E-state index is -4.97. The summed E-state index contributed by atoms with van der Waals surface area (Å²) in [6, 6.07) is 14.9. The van der Waals surface area contributed by atoms with E-state index in [1.54, 1.807) is 60.7 Å². The lowest BCUT2D eigenvalue weighted by atomic mass is 9.91. The van der Waals surface area contributed by atoms with Crippen molar-refractivity contribution in [2.45, 2.75) is 5.66 Å². The number of fused-ring (bicyclic) bond motifs is 2. The molecule has 0 spiro atoms. The number of ketones is 1. The Kier molecular flexibility index (Phi) is 5.32. The number of primary amides is 1. The molecule has 1 atom stereocenters. The Hall–Kier alpha value is -3.53. The smallest absolute Gasteiger partial charge is 0.340 e. The van der Waals surface area contributed by atoms with Gasteiger partial charge in [-0.3, -0.25) is 14.2 Å². The first-order valence-corrected chi connectivity index (χ1v) is 11.1. The van der Waals surface area contributed by atoms with Crippen LogP contribution in [0.3, 0.4) is 0 Å². The standard InChI is InChI=1S/C24H18NO5P/c25-24(27)21-14-17-9-5-4-8-16(17)13-20(21)22(26)23(31(28,29)30)19-12-6-10-15-7-2-1-3-11-18(15)19/h1-2,4-14,23H,(H2,25,27)(H2,28,29,30). The summed E-state index contributed by atoms with van der Waals surface area (Å²) in [5.74, 6) is -1.72. The van der Waals surface area contributed by atoms with Gasteiger partial charge in [0.25, 0.3) is 0 Å². The molecule has 154 valence electrons. The first-order valence-electron chi connectivity index (χ1n) is 9.41. The maximum absolute atomic E-state index is 13.6. The molecule has 1 aliphatic rings. The van der Waals surface area contributed by atoms with Crippen molar-refractivity contribution in [3.63, 3.8) is 0 Å². The van der Waals surface area contributed by atoms with E-state index in [0.29, 0.717) is 21.9 Å². The Morgan fingerprint density at radius 2 is 1.65 bits per heavy atom. The normalized spacial score (nSPS) is 13.6. The first kappa shape index (κ1) is 20.7. The van der Waals surface area contributed by atoms with E-state index in [9.17, 15) is 23.9 Å². The number of amides is 1. The molecule has 0 fully saturated rings. The van der Waals surface area contributed by atoms with Crippen LogP contribution in [0.5, 0.6) is 0 Å². The summed E-state index contributed by atoms with van der Waals surface area (Å²) < 4.78 is 12.6. The van der Waals surface area contributed by atoms with Gasteiger partial charge < -0.3 is 15.5 Å². The summed E-state index contributed by atoms with van der Waals surface area (Å²) in [5.41, 5.74) is 7.74. The fraction of sp³-hybridized carbons (Fsp3) is 0.0417. The summed E-state index contributed by atoms with van der Waals surface area (Å²) in [6.07, 6.45) is 6.75. The van der Waals surface area contributed by atoms with Crippen molar-refractivity contribution < 1.29 is 23.9 Å². The van der Waals surface area contributed by atoms with Crippen molar-refractivity contribution in [3.05, 3.63) is 100 Å². The van der Waals surface area contributed by atoms with Crippen molar-refractivity contribution in [3.8, 4) is 0 Å². The lowest BCUT2D eigenvalue weighted by Gasteiger charge is -2.22. The van der Waals surface area contributed by atoms with Crippen LogP contribution >= 0.6 is 7.60 Å². The molecule has 3 aromatic rings. The van der Waals surface area contributed by atoms with E-state index in [2.05, 4.69) is 5.73 Å². The van der Waals surface area contributed by atoms with E-state index in [4.69, 9.17) is 5.73 Å². The van der Waals surface area contributed by atoms with E-state index in [1.165, 1.54) is 18.2 Å². The largest absolute Gasteiger partial charge is 0.366 e. The van der Waals surface area contributed by atoms with Gasteiger partial charge in [0.1, 0.15) is 5.66 Å². The zero-order valence-electron chi connectivity index (χ0n) is 16.2. The number of Topliss-reactive ketones (excluding diaryl/α,β-unsaturated/α-hetero) is 1. The highest BCUT2D eigenvalue weighted by atomic mass is 31.2. The lowest BCUT2D eigenvalue weighted by molar-refractivity contribution is 0.0953. The van der Waals surface area contributed by atoms with Crippen molar-refractivity contribution in [2.75, 3.05) is 0 Å². The van der Waals surface area contributed by atoms with Crippen LogP contribution in [0.15, 0.2) is 72.5 Å². The predicted octanol–water partition coefficient (Wildman–Crippen LogP) is 4.24. The van der Waals surface area contributed by atoms with Crippen LogP contribution < -0.4 is 5.73 Å². The Labute approximate surface area is 178 Å². The molecule has 0 radical (unpaired) electrons. The Balaban J connectivity index is 1.97. The number of carbonyl (C=O) groups excluding carboxylic acids is 2. The highest BCUT2D eigenvalue weighted by Crippen LogP contribution is 2.54. The number of allylic oxidation sites excluding steroid dienone is 2. The third-order valence-electron chi connectivity index (χ3n) is 5.17. The summed E-state index contributed by atoms with van der Waals surface area (Å²) in [4.78, 5) is 46.1. The third kappa shape index (κ3) is 3.93. The van der Waals surface area contributed by atoms with Gasteiger partial charge >= 0.3 is 7.60 Å². The Morgan fingerprint density at radius 1 is 0.968 bits per heavy atom. The van der Waals surface area contributed by atoms with Gasteiger partial charge in [0.2, 0.25) is 5.91 Å². The second kappa shape index (κ2) is 7.95. The topological polar surface area (TPSA) is 118 Å². The van der Waals surface area contributed by atoms with Gasteiger partial charge in [-0.15, -0.1) is 5.73 Å². The lowest BCUT2D eigenvalue weighted by Crippen LogP contribution is -2.21. The van der Waals surface area contributed by atoms with Gasteiger partial charge in [0.05, 0.1) is 5.56 Å². The molecule has 3 aromatic carbocycles. The summed E-state index contributed by atoms with van der Waals surface area (Å²) in [5, 5.41) is 1.34. The maximum Gasteiger partial charge on any atom is 0.340 e. The van der Waals surface area contributed by atoms with Crippen LogP contribution in [0.2, 0.25) is 0 Å². The molecular formula is C24H18NO5P. The minimum Gasteiger partial charge on any atom is -0.366 e. The monoisotopic (exact) mass is 431 g/mol. The van der Waals surface area contributed by atoms with Crippen LogP contribution in [-0.2, 0) is 4.57 Å². The van der Waals surface area contributed by atoms with Gasteiger partial charge in [-0.1, -0.05) is 54.6 Å². The summed E-state index contributed by atoms with van der Waals surface area (Å²) >= 11 is 0. The Bertz CT molecular complexity index is 1380. The molecule has 7 heteroatoms. The minimum absolute atomic E-state index is 0.0838. The first-order chi connectivity index (χ1) is 14.8. The molecule has 0 aromatic heterocycles. The zero-order valence-corrected chi connectivity index (χ0v) is 17.1. The molecule has 31 heavy (non-hydrogen) atoms. The highest BCUT2D eigenvalue weighted by molar-refractivity contribution is 7.53. The average molecular weight is 431 g/mol. The molecule has 6 nitrogen and oxygen atoms in total. The van der Waals surface area contributed by atoms with Crippen molar-refractivity contribution in [2.24, 2.45) is 5.73 Å². The van der Waals surface area contributed by atoms with Gasteiger partial charge in [-0.25, -0.2) is 0 Å². The molecule has 1 unspecified atom stereocenters. The van der Waals surface area contributed by atoms with Gasteiger partial charge in [-0.05, 0) is 51.7 Å². The van der Waals surface area contributed by atoms with Crippen LogP contribution in [0, 0.1) is 0 Å². The van der Waals surface area contributed by atoms with E-state index >= 15 is 0 Å². The predicted molar refractivity (Wildman–Crippen MR) is 120 cm³/mol. The third-order valence-corrected chi connectivity index (χ3v) is 6.35. The Morgan fingerprint density at radius 3 is 2.29 bits per heavy atom. The van der Waals surface area contributed by atoms with E-state index in [1.807, 2.05) is 0 Å². The quantitative estimate of drug-likeness (QED) is 0.317. The van der Waals surface area contributed by atoms with Crippen molar-refractivity contribution in [1.29, 1.82) is 0 Å². The molecule has 0 heterocycles. The number of hydrogen-bond donors (Lipinski definition) is 3. The fourth-order valence-corrected chi connectivity index (χ4v) is 4.79. The number of hydrogen-bond acceptors (Lipinski definition) is 3. The number of carbonyl (C=O) groups is 2. The molecule has 0 saturated heterocycles. The second-order valence-electron chi connectivity index (χ2n) is 7.15. The van der Waals surface area contributed by atoms with Crippen molar-refractivity contribution in [1.82, 2.24) is 0 Å². The highest BCUT2D eigenvalue weighted by Gasteiger charge is 2.40. The van der Waals surface area contributed by atoms with E-state index in [0.717, 1.165) is 0 Å². The summed E-state index contributed by atoms with van der Waals surface area (Å²) in [6.45, 7) is 0. The second-order valence-corrected chi connectivity index (χ2v) is 8.85. The van der Waals surface area contributed by atoms with Crippen LogP contribution in [0.25, 0.3) is 22.9 Å². The molecule has 4 rings (SSSR count). The number of rotatable bonds is 5. The van der Waals surface area contributed by atoms with Crippen LogP contribution in [0.1, 0.15) is 43.1 Å². The van der Waals surface area contributed by atoms with Crippen LogP contribution in [0.4, 0.5) is 0 Å². The molecule has 1 aliphatic carbocycles. The molecule has 0 bridgehead atoms. The zero-order chi connectivity index (χ0) is 22.2. The summed E-state index contributed by atoms with van der Waals surface area (Å²) in [7, 11) is -4.97. The van der Waals surface area contributed by atoms with Gasteiger partial charge in [-0.2, -0.15) is 0 Å². The van der Waals surface area contributed by atoms with Crippen molar-refractivity contribution >= 4 is 42.2 Å². The molecule has 0 saturated carbocycles. The number of nitrogens with two attached hydrogens (primary N) is 1. The maximum atomic E-state index is 13.6. The average Bonchev–Trinajstić information content (AvgIpc) is 2.98. The van der Waals surface area contributed by atoms with Gasteiger partial charge in [0.15, 0.2) is 5.78 Å². The SMILES string of the molecule is NC(=O)c1cc2ccccc2cc1C(=O)C(c1cccc2c1C=C=CC=C2)P(=O)(O)O.